The van der Waals surface area contributed by atoms with E-state index in [0.29, 0.717) is 41.9 Å². The standard InChI is InChI=1S/C58H77N3O5/c1-36(2)39-24-29-58(52(64)61-32-16-21-44(61)49-59-34-43(60-49)38-19-14-11-15-20-38)31-30-56(8)40(48(39)58)22-23-46-55(7)27-26-47(54(5,6)45(55)25-28-57(46,56)9)66-51(63)42-33-41(53(42,3)4)50(62)65-35-37-17-12-10-13-18-37/h10-15,17-20,34,39-42,44-48H,1,16,21-33,35H2,2-9H3,(H,59,60)/t39-,40+,41+,42-,44-,45-,46+,47-,48+,55-,56+,57+,58-/m0/s1. The van der Waals surface area contributed by atoms with Gasteiger partial charge in [0.2, 0.25) is 5.91 Å². The van der Waals surface area contributed by atoms with E-state index in [9.17, 15) is 9.59 Å². The molecule has 1 saturated heterocycles. The van der Waals surface area contributed by atoms with Crippen LogP contribution >= 0.6 is 0 Å². The molecule has 8 nitrogen and oxygen atoms in total. The van der Waals surface area contributed by atoms with E-state index in [1.165, 1.54) is 18.4 Å². The molecule has 1 aromatic heterocycles. The number of imidazole rings is 1. The van der Waals surface area contributed by atoms with Crippen molar-refractivity contribution in [3.05, 3.63) is 90.4 Å². The van der Waals surface area contributed by atoms with Crippen LogP contribution in [-0.2, 0) is 30.5 Å². The van der Waals surface area contributed by atoms with Crippen molar-refractivity contribution in [1.29, 1.82) is 0 Å². The average Bonchev–Trinajstić information content (AvgIpc) is 4.07. The van der Waals surface area contributed by atoms with E-state index in [-0.39, 0.29) is 69.6 Å². The van der Waals surface area contributed by atoms with Gasteiger partial charge < -0.3 is 19.4 Å². The number of carbonyl (C=O) groups is 3. The zero-order chi connectivity index (χ0) is 46.6. The van der Waals surface area contributed by atoms with E-state index in [4.69, 9.17) is 14.5 Å². The number of carbonyl (C=O) groups excluding carboxylic acids is 3. The van der Waals surface area contributed by atoms with E-state index in [2.05, 4.69) is 82.3 Å². The summed E-state index contributed by atoms with van der Waals surface area (Å²) in [5, 5.41) is 0. The van der Waals surface area contributed by atoms with Crippen molar-refractivity contribution in [3.8, 4) is 11.3 Å². The third-order valence-corrected chi connectivity index (χ3v) is 21.3. The molecule has 3 aromatic rings. The van der Waals surface area contributed by atoms with Gasteiger partial charge in [-0.1, -0.05) is 121 Å². The van der Waals surface area contributed by atoms with Gasteiger partial charge in [0.15, 0.2) is 0 Å². The van der Waals surface area contributed by atoms with Crippen molar-refractivity contribution in [1.82, 2.24) is 14.9 Å². The number of aromatic amines is 1. The minimum absolute atomic E-state index is 0.0190. The van der Waals surface area contributed by atoms with Crippen molar-refractivity contribution in [2.24, 2.45) is 73.9 Å². The molecule has 0 spiro atoms. The number of hydrogen-bond donors (Lipinski definition) is 1. The Kier molecular flexibility index (Phi) is 11.2. The zero-order valence-corrected chi connectivity index (χ0v) is 41.3. The second-order valence-electron chi connectivity index (χ2n) is 24.6. The zero-order valence-electron chi connectivity index (χ0n) is 41.3. The lowest BCUT2D eigenvalue weighted by molar-refractivity contribution is -0.251. The highest BCUT2D eigenvalue weighted by Crippen LogP contribution is 2.78. The summed E-state index contributed by atoms with van der Waals surface area (Å²) in [6.07, 6.45) is 14.8. The van der Waals surface area contributed by atoms with Gasteiger partial charge in [-0.15, -0.1) is 0 Å². The number of likely N-dealkylation sites (tertiary alicyclic amines) is 1. The second kappa shape index (κ2) is 16.2. The fraction of sp³-hybridized carbons (Fsp3) is 0.655. The number of hydrogen-bond acceptors (Lipinski definition) is 6. The van der Waals surface area contributed by atoms with Gasteiger partial charge in [-0.2, -0.15) is 0 Å². The maximum atomic E-state index is 15.6. The molecular formula is C58H77N3O5. The molecule has 2 aromatic carbocycles. The molecule has 10 rings (SSSR count). The highest BCUT2D eigenvalue weighted by atomic mass is 16.5. The lowest BCUT2D eigenvalue weighted by Crippen LogP contribution is -2.67. The molecule has 13 atom stereocenters. The molecule has 6 saturated carbocycles. The normalized spacial score (nSPS) is 39.6. The van der Waals surface area contributed by atoms with Crippen LogP contribution in [0, 0.1) is 73.9 Å². The molecule has 354 valence electrons. The summed E-state index contributed by atoms with van der Waals surface area (Å²) in [7, 11) is 0. The van der Waals surface area contributed by atoms with E-state index in [1.54, 1.807) is 0 Å². The van der Waals surface area contributed by atoms with Crippen LogP contribution in [-0.4, -0.2) is 45.4 Å². The molecule has 8 heteroatoms. The molecule has 7 aliphatic rings. The maximum Gasteiger partial charge on any atom is 0.309 e. The van der Waals surface area contributed by atoms with E-state index in [0.717, 1.165) is 93.4 Å². The van der Waals surface area contributed by atoms with Crippen molar-refractivity contribution in [2.45, 2.75) is 158 Å². The first-order chi connectivity index (χ1) is 31.4. The summed E-state index contributed by atoms with van der Waals surface area (Å²) in [4.78, 5) is 53.8. The van der Waals surface area contributed by atoms with E-state index < -0.39 is 5.41 Å². The van der Waals surface area contributed by atoms with Gasteiger partial charge in [0, 0.05) is 12.0 Å². The number of nitrogens with one attached hydrogen (secondary N) is 1. The first-order valence-corrected chi connectivity index (χ1v) is 25.8. The molecule has 6 aliphatic carbocycles. The molecule has 2 heterocycles. The summed E-state index contributed by atoms with van der Waals surface area (Å²) in [5.74, 6) is 2.41. The Morgan fingerprint density at radius 2 is 1.47 bits per heavy atom. The Hall–Kier alpha value is -4.20. The predicted octanol–water partition coefficient (Wildman–Crippen LogP) is 12.7. The van der Waals surface area contributed by atoms with Crippen LogP contribution in [0.4, 0.5) is 0 Å². The quantitative estimate of drug-likeness (QED) is 0.170. The summed E-state index contributed by atoms with van der Waals surface area (Å²) in [5.41, 5.74) is 3.64. The van der Waals surface area contributed by atoms with Gasteiger partial charge in [-0.25, -0.2) is 4.98 Å². The Labute approximate surface area is 394 Å². The number of benzene rings is 2. The lowest BCUT2D eigenvalue weighted by atomic mass is 9.32. The van der Waals surface area contributed by atoms with Gasteiger partial charge in [-0.3, -0.25) is 14.4 Å². The van der Waals surface area contributed by atoms with Crippen LogP contribution in [0.5, 0.6) is 0 Å². The van der Waals surface area contributed by atoms with Gasteiger partial charge in [-0.05, 0) is 153 Å². The van der Waals surface area contributed by atoms with Crippen LogP contribution in [0.25, 0.3) is 11.3 Å². The van der Waals surface area contributed by atoms with Crippen molar-refractivity contribution in [3.63, 3.8) is 0 Å². The van der Waals surface area contributed by atoms with Gasteiger partial charge >= 0.3 is 11.9 Å². The fourth-order valence-electron chi connectivity index (χ4n) is 17.3. The Morgan fingerprint density at radius 1 is 0.758 bits per heavy atom. The smallest absolute Gasteiger partial charge is 0.309 e. The minimum Gasteiger partial charge on any atom is -0.462 e. The third kappa shape index (κ3) is 6.77. The number of esters is 2. The molecule has 0 unspecified atom stereocenters. The Bertz CT molecular complexity index is 2350. The Morgan fingerprint density at radius 3 is 2.18 bits per heavy atom. The molecule has 0 radical (unpaired) electrons. The first-order valence-electron chi connectivity index (χ1n) is 25.8. The van der Waals surface area contributed by atoms with Crippen LogP contribution in [0.3, 0.4) is 0 Å². The minimum atomic E-state index is -0.522. The van der Waals surface area contributed by atoms with Crippen molar-refractivity contribution >= 4 is 17.8 Å². The molecule has 0 bridgehead atoms. The molecule has 7 fully saturated rings. The van der Waals surface area contributed by atoms with E-state index in [1.807, 2.05) is 56.4 Å². The third-order valence-electron chi connectivity index (χ3n) is 21.3. The molecule has 1 aliphatic heterocycles. The Balaban J connectivity index is 0.849. The second-order valence-corrected chi connectivity index (χ2v) is 24.6. The molecule has 66 heavy (non-hydrogen) atoms. The number of ether oxygens (including phenoxy) is 2. The number of fused-ring (bicyclic) bond motifs is 7. The number of nitrogens with zero attached hydrogens (tertiary/aromatic N) is 2. The predicted molar refractivity (Wildman–Crippen MR) is 258 cm³/mol. The van der Waals surface area contributed by atoms with Gasteiger partial charge in [0.25, 0.3) is 0 Å². The number of aromatic nitrogens is 2. The highest BCUT2D eigenvalue weighted by Gasteiger charge is 2.72. The van der Waals surface area contributed by atoms with Gasteiger partial charge in [0.1, 0.15) is 18.5 Å². The molecule has 1 N–H and O–H groups in total. The molecular weight excluding hydrogens is 819 g/mol. The fourth-order valence-corrected chi connectivity index (χ4v) is 17.3. The van der Waals surface area contributed by atoms with Crippen molar-refractivity contribution in [2.75, 3.05) is 6.54 Å². The average molecular weight is 896 g/mol. The summed E-state index contributed by atoms with van der Waals surface area (Å²) in [6.45, 7) is 24.7. The van der Waals surface area contributed by atoms with Gasteiger partial charge in [0.05, 0.1) is 35.2 Å². The van der Waals surface area contributed by atoms with Crippen molar-refractivity contribution < 1.29 is 23.9 Å². The number of rotatable bonds is 9. The summed E-state index contributed by atoms with van der Waals surface area (Å²) >= 11 is 0. The highest BCUT2D eigenvalue weighted by molar-refractivity contribution is 5.85. The lowest BCUT2D eigenvalue weighted by Gasteiger charge is -2.73. The number of H-pyrrole nitrogens is 1. The maximum absolute atomic E-state index is 15.6. The first kappa shape index (κ1) is 45.6. The SMILES string of the molecule is C=C(C)[C@@H]1CC[C@]2(C(=O)N3CCC[C@H]3c3ncc(-c4ccccc4)[nH]3)CC[C@]3(C)[C@H](CC[C@@H]4[C@@]5(C)CC[C@H](OC(=O)[C@@H]6C[C@H](C(=O)OCc7ccccc7)C6(C)C)C(C)(C)[C@@H]5CC[C@]43C)[C@@H]12. The van der Waals surface area contributed by atoms with Crippen LogP contribution in [0.1, 0.15) is 156 Å². The van der Waals surface area contributed by atoms with E-state index >= 15 is 4.79 Å². The molecule has 1 amide bonds. The summed E-state index contributed by atoms with van der Waals surface area (Å²) < 4.78 is 12.4. The summed E-state index contributed by atoms with van der Waals surface area (Å²) in [6, 6.07) is 20.1. The monoisotopic (exact) mass is 896 g/mol. The number of allylic oxidation sites excluding steroid dienone is 1. The largest absolute Gasteiger partial charge is 0.462 e. The topological polar surface area (TPSA) is 102 Å². The van der Waals surface area contributed by atoms with Crippen LogP contribution in [0.2, 0.25) is 0 Å². The van der Waals surface area contributed by atoms with Crippen LogP contribution in [0.15, 0.2) is 79.0 Å². The van der Waals surface area contributed by atoms with Crippen LogP contribution < -0.4 is 0 Å². The number of amides is 1.